The van der Waals surface area contributed by atoms with Crippen molar-refractivity contribution in [3.8, 4) is 0 Å². The number of ether oxygens (including phenoxy) is 1. The molecular formula is C16H25NO. The molecule has 1 heterocycles. The SMILES string of the molecule is CCc1ccc2c(c1)CN(CCOC)CC2(C)C. The van der Waals surface area contributed by atoms with E-state index in [4.69, 9.17) is 4.74 Å². The first kappa shape index (κ1) is 13.6. The number of aryl methyl sites for hydroxylation is 1. The number of nitrogens with zero attached hydrogens (tertiary/aromatic N) is 1. The molecule has 18 heavy (non-hydrogen) atoms. The van der Waals surface area contributed by atoms with Gasteiger partial charge >= 0.3 is 0 Å². The molecule has 1 aromatic carbocycles. The van der Waals surface area contributed by atoms with Crippen LogP contribution in [0.3, 0.4) is 0 Å². The van der Waals surface area contributed by atoms with Crippen LogP contribution in [0.25, 0.3) is 0 Å². The van der Waals surface area contributed by atoms with Gasteiger partial charge in [-0.1, -0.05) is 39.0 Å². The van der Waals surface area contributed by atoms with E-state index < -0.39 is 0 Å². The molecule has 0 amide bonds. The highest BCUT2D eigenvalue weighted by Gasteiger charge is 2.31. The molecule has 0 saturated carbocycles. The number of rotatable bonds is 4. The molecule has 0 N–H and O–H groups in total. The summed E-state index contributed by atoms with van der Waals surface area (Å²) in [7, 11) is 1.78. The second kappa shape index (κ2) is 5.41. The zero-order valence-corrected chi connectivity index (χ0v) is 12.1. The number of fused-ring (bicyclic) bond motifs is 1. The van der Waals surface area contributed by atoms with Crippen LogP contribution in [0, 0.1) is 0 Å². The molecule has 100 valence electrons. The van der Waals surface area contributed by atoms with Crippen molar-refractivity contribution in [3.05, 3.63) is 34.9 Å². The summed E-state index contributed by atoms with van der Waals surface area (Å²) in [5.74, 6) is 0. The quantitative estimate of drug-likeness (QED) is 0.811. The smallest absolute Gasteiger partial charge is 0.0589 e. The normalized spacial score (nSPS) is 18.7. The lowest BCUT2D eigenvalue weighted by atomic mass is 9.78. The van der Waals surface area contributed by atoms with E-state index in [-0.39, 0.29) is 5.41 Å². The van der Waals surface area contributed by atoms with Gasteiger partial charge in [0.15, 0.2) is 0 Å². The molecule has 0 aromatic heterocycles. The fraction of sp³-hybridized carbons (Fsp3) is 0.625. The topological polar surface area (TPSA) is 12.5 Å². The van der Waals surface area contributed by atoms with Crippen LogP contribution in [0.1, 0.15) is 37.5 Å². The van der Waals surface area contributed by atoms with Gasteiger partial charge in [-0.3, -0.25) is 4.90 Å². The Bertz CT molecular complexity index is 412. The molecule has 0 spiro atoms. The predicted molar refractivity (Wildman–Crippen MR) is 76.0 cm³/mol. The predicted octanol–water partition coefficient (Wildman–Crippen LogP) is 2.99. The average Bonchev–Trinajstić information content (AvgIpc) is 2.34. The van der Waals surface area contributed by atoms with Crippen LogP contribution in [-0.2, 0) is 23.1 Å². The minimum atomic E-state index is 0.244. The molecular weight excluding hydrogens is 222 g/mol. The Morgan fingerprint density at radius 1 is 1.33 bits per heavy atom. The van der Waals surface area contributed by atoms with E-state index in [2.05, 4.69) is 43.9 Å². The van der Waals surface area contributed by atoms with Gasteiger partial charge in [-0.05, 0) is 23.1 Å². The third-order valence-corrected chi connectivity index (χ3v) is 3.93. The minimum absolute atomic E-state index is 0.244. The first-order chi connectivity index (χ1) is 8.56. The van der Waals surface area contributed by atoms with Crippen molar-refractivity contribution in [2.45, 2.75) is 39.2 Å². The maximum absolute atomic E-state index is 5.20. The van der Waals surface area contributed by atoms with E-state index in [0.29, 0.717) is 0 Å². The van der Waals surface area contributed by atoms with E-state index in [9.17, 15) is 0 Å². The first-order valence-electron chi connectivity index (χ1n) is 6.90. The third kappa shape index (κ3) is 2.76. The fourth-order valence-corrected chi connectivity index (χ4v) is 2.98. The van der Waals surface area contributed by atoms with Gasteiger partial charge in [0.25, 0.3) is 0 Å². The van der Waals surface area contributed by atoms with Crippen molar-refractivity contribution >= 4 is 0 Å². The molecule has 0 unspecified atom stereocenters. The lowest BCUT2D eigenvalue weighted by Crippen LogP contribution is -2.43. The van der Waals surface area contributed by atoms with Crippen molar-refractivity contribution < 1.29 is 4.74 Å². The minimum Gasteiger partial charge on any atom is -0.383 e. The van der Waals surface area contributed by atoms with Gasteiger partial charge in [0.2, 0.25) is 0 Å². The Balaban J connectivity index is 2.25. The monoisotopic (exact) mass is 247 g/mol. The van der Waals surface area contributed by atoms with Crippen molar-refractivity contribution in [3.63, 3.8) is 0 Å². The molecule has 0 bridgehead atoms. The van der Waals surface area contributed by atoms with Crippen LogP contribution in [0.5, 0.6) is 0 Å². The molecule has 2 rings (SSSR count). The Morgan fingerprint density at radius 2 is 2.11 bits per heavy atom. The second-order valence-corrected chi connectivity index (χ2v) is 5.93. The summed E-state index contributed by atoms with van der Waals surface area (Å²) < 4.78 is 5.20. The van der Waals surface area contributed by atoms with Crippen LogP contribution in [-0.4, -0.2) is 31.7 Å². The summed E-state index contributed by atoms with van der Waals surface area (Å²) >= 11 is 0. The molecule has 1 aromatic rings. The van der Waals surface area contributed by atoms with Gasteiger partial charge in [0.05, 0.1) is 6.61 Å². The maximum atomic E-state index is 5.20. The molecule has 0 aliphatic carbocycles. The van der Waals surface area contributed by atoms with Gasteiger partial charge in [-0.15, -0.1) is 0 Å². The summed E-state index contributed by atoms with van der Waals surface area (Å²) in [4.78, 5) is 2.51. The van der Waals surface area contributed by atoms with Crippen LogP contribution in [0.4, 0.5) is 0 Å². The van der Waals surface area contributed by atoms with E-state index in [1.165, 1.54) is 16.7 Å². The molecule has 0 fully saturated rings. The van der Waals surface area contributed by atoms with Crippen molar-refractivity contribution in [2.75, 3.05) is 26.8 Å². The molecule has 1 aliphatic heterocycles. The maximum Gasteiger partial charge on any atom is 0.0589 e. The van der Waals surface area contributed by atoms with Crippen molar-refractivity contribution in [1.29, 1.82) is 0 Å². The number of benzene rings is 1. The largest absolute Gasteiger partial charge is 0.383 e. The van der Waals surface area contributed by atoms with Crippen molar-refractivity contribution in [1.82, 2.24) is 4.90 Å². The highest BCUT2D eigenvalue weighted by atomic mass is 16.5. The number of hydrogen-bond donors (Lipinski definition) is 0. The highest BCUT2D eigenvalue weighted by Crippen LogP contribution is 2.33. The van der Waals surface area contributed by atoms with Gasteiger partial charge in [-0.25, -0.2) is 0 Å². The summed E-state index contributed by atoms with van der Waals surface area (Å²) in [5.41, 5.74) is 4.71. The summed E-state index contributed by atoms with van der Waals surface area (Å²) in [6.45, 7) is 10.9. The summed E-state index contributed by atoms with van der Waals surface area (Å²) in [6, 6.07) is 7.00. The third-order valence-electron chi connectivity index (χ3n) is 3.93. The fourth-order valence-electron chi connectivity index (χ4n) is 2.98. The average molecular weight is 247 g/mol. The van der Waals surface area contributed by atoms with E-state index in [1.54, 1.807) is 7.11 Å². The number of hydrogen-bond acceptors (Lipinski definition) is 2. The molecule has 0 radical (unpaired) electrons. The zero-order valence-electron chi connectivity index (χ0n) is 12.1. The van der Waals surface area contributed by atoms with Crippen LogP contribution >= 0.6 is 0 Å². The lowest BCUT2D eigenvalue weighted by Gasteiger charge is -2.40. The van der Waals surface area contributed by atoms with E-state index in [0.717, 1.165) is 32.7 Å². The first-order valence-corrected chi connectivity index (χ1v) is 6.90. The Morgan fingerprint density at radius 3 is 2.78 bits per heavy atom. The molecule has 1 aliphatic rings. The molecule has 2 heteroatoms. The van der Waals surface area contributed by atoms with Gasteiger partial charge in [-0.2, -0.15) is 0 Å². The van der Waals surface area contributed by atoms with Gasteiger partial charge < -0.3 is 4.74 Å². The molecule has 0 atom stereocenters. The Kier molecular flexibility index (Phi) is 4.08. The van der Waals surface area contributed by atoms with Crippen LogP contribution in [0.2, 0.25) is 0 Å². The second-order valence-electron chi connectivity index (χ2n) is 5.93. The van der Waals surface area contributed by atoms with Gasteiger partial charge in [0.1, 0.15) is 0 Å². The highest BCUT2D eigenvalue weighted by molar-refractivity contribution is 5.39. The van der Waals surface area contributed by atoms with Gasteiger partial charge in [0, 0.05) is 32.2 Å². The zero-order chi connectivity index (χ0) is 13.2. The van der Waals surface area contributed by atoms with E-state index in [1.807, 2.05) is 0 Å². The Hall–Kier alpha value is -0.860. The van der Waals surface area contributed by atoms with Crippen LogP contribution < -0.4 is 0 Å². The standard InChI is InChI=1S/C16H25NO/c1-5-13-6-7-15-14(10-13)11-17(8-9-18-4)12-16(15,2)3/h6-7,10H,5,8-9,11-12H2,1-4H3. The summed E-state index contributed by atoms with van der Waals surface area (Å²) in [5, 5.41) is 0. The molecule has 2 nitrogen and oxygen atoms in total. The summed E-state index contributed by atoms with van der Waals surface area (Å²) in [6.07, 6.45) is 1.12. The lowest BCUT2D eigenvalue weighted by molar-refractivity contribution is 0.121. The van der Waals surface area contributed by atoms with Crippen molar-refractivity contribution in [2.24, 2.45) is 0 Å². The van der Waals surface area contributed by atoms with E-state index >= 15 is 0 Å². The van der Waals surface area contributed by atoms with Crippen LogP contribution in [0.15, 0.2) is 18.2 Å². The molecule has 0 saturated heterocycles. The number of methoxy groups -OCH3 is 1. The Labute approximate surface area is 111 Å².